The molecule has 1 saturated heterocycles. The molecule has 1 fully saturated rings. The average molecular weight is 350 g/mol. The number of hydrogen-bond donors (Lipinski definition) is 0. The fourth-order valence-corrected chi connectivity index (χ4v) is 3.98. The number of nitrogens with zero attached hydrogens (tertiary/aromatic N) is 2. The first kappa shape index (κ1) is 17.3. The Morgan fingerprint density at radius 1 is 1.04 bits per heavy atom. The summed E-state index contributed by atoms with van der Waals surface area (Å²) in [6.07, 6.45) is 1.13. The molecule has 2 aromatic carbocycles. The minimum absolute atomic E-state index is 0.179. The Morgan fingerprint density at radius 3 is 2.27 bits per heavy atom. The van der Waals surface area contributed by atoms with Crippen molar-refractivity contribution in [2.45, 2.75) is 32.5 Å². The quantitative estimate of drug-likeness (QED) is 0.851. The van der Waals surface area contributed by atoms with Crippen LogP contribution in [-0.4, -0.2) is 48.1 Å². The molecule has 26 heavy (non-hydrogen) atoms. The second-order valence-electron chi connectivity index (χ2n) is 7.20. The number of morpholine rings is 1. The van der Waals surface area contributed by atoms with Gasteiger partial charge in [-0.1, -0.05) is 55.5 Å². The van der Waals surface area contributed by atoms with Crippen LogP contribution in [0, 0.1) is 0 Å². The topological polar surface area (TPSA) is 32.8 Å². The van der Waals surface area contributed by atoms with E-state index >= 15 is 0 Å². The van der Waals surface area contributed by atoms with Crippen LogP contribution in [-0.2, 0) is 22.6 Å². The van der Waals surface area contributed by atoms with E-state index in [1.807, 2.05) is 4.90 Å². The van der Waals surface area contributed by atoms with Crippen molar-refractivity contribution < 1.29 is 9.53 Å². The van der Waals surface area contributed by atoms with Crippen molar-refractivity contribution in [1.29, 1.82) is 0 Å². The Hall–Kier alpha value is -2.17. The highest BCUT2D eigenvalue weighted by atomic mass is 16.5. The molecule has 0 radical (unpaired) electrons. The third-order valence-corrected chi connectivity index (χ3v) is 5.42. The van der Waals surface area contributed by atoms with Crippen LogP contribution in [0.15, 0.2) is 48.5 Å². The maximum Gasteiger partial charge on any atom is 0.236 e. The lowest BCUT2D eigenvalue weighted by Crippen LogP contribution is -2.48. The van der Waals surface area contributed by atoms with E-state index in [1.165, 1.54) is 22.3 Å². The normalized spacial score (nSPS) is 20.2. The molecular formula is C22H26N2O2. The standard InChI is InChI=1S/C22H26N2O2/c1-2-19-15-24(11-12-26-19)22(25)16-23-13-17-7-3-5-9-20(17)21-10-6-4-8-18(21)14-23/h3-10,19H,2,11-16H2,1H3. The summed E-state index contributed by atoms with van der Waals surface area (Å²) in [6.45, 7) is 6.25. The molecule has 2 aliphatic rings. The van der Waals surface area contributed by atoms with Crippen LogP contribution in [0.25, 0.3) is 11.1 Å². The number of fused-ring (bicyclic) bond motifs is 3. The Balaban J connectivity index is 1.54. The monoisotopic (exact) mass is 350 g/mol. The molecule has 0 aliphatic carbocycles. The molecule has 4 rings (SSSR count). The molecule has 1 unspecified atom stereocenters. The molecule has 1 amide bonds. The molecule has 2 aromatic rings. The summed E-state index contributed by atoms with van der Waals surface area (Å²) in [5, 5.41) is 0. The van der Waals surface area contributed by atoms with Crippen molar-refractivity contribution in [3.05, 3.63) is 59.7 Å². The molecule has 4 heteroatoms. The van der Waals surface area contributed by atoms with Gasteiger partial charge in [-0.3, -0.25) is 9.69 Å². The number of rotatable bonds is 3. The first-order valence-corrected chi connectivity index (χ1v) is 9.52. The van der Waals surface area contributed by atoms with Gasteiger partial charge in [0.05, 0.1) is 19.3 Å². The number of ether oxygens (including phenoxy) is 1. The highest BCUT2D eigenvalue weighted by molar-refractivity contribution is 5.79. The van der Waals surface area contributed by atoms with E-state index in [4.69, 9.17) is 4.74 Å². The maximum absolute atomic E-state index is 12.9. The van der Waals surface area contributed by atoms with Crippen molar-refractivity contribution in [1.82, 2.24) is 9.80 Å². The Morgan fingerprint density at radius 2 is 1.65 bits per heavy atom. The first-order valence-electron chi connectivity index (χ1n) is 9.52. The van der Waals surface area contributed by atoms with Crippen molar-refractivity contribution in [3.63, 3.8) is 0 Å². The molecule has 2 heterocycles. The van der Waals surface area contributed by atoms with Crippen LogP contribution in [0.1, 0.15) is 24.5 Å². The summed E-state index contributed by atoms with van der Waals surface area (Å²) in [7, 11) is 0. The fourth-order valence-electron chi connectivity index (χ4n) is 3.98. The van der Waals surface area contributed by atoms with Crippen LogP contribution < -0.4 is 0 Å². The van der Waals surface area contributed by atoms with Gasteiger partial charge in [0.1, 0.15) is 0 Å². The van der Waals surface area contributed by atoms with Gasteiger partial charge >= 0.3 is 0 Å². The molecule has 1 atom stereocenters. The summed E-state index contributed by atoms with van der Waals surface area (Å²) < 4.78 is 5.70. The number of benzene rings is 2. The van der Waals surface area contributed by atoms with Crippen LogP contribution in [0.5, 0.6) is 0 Å². The predicted octanol–water partition coefficient (Wildman–Crippen LogP) is 3.31. The zero-order chi connectivity index (χ0) is 17.9. The van der Waals surface area contributed by atoms with Crippen LogP contribution >= 0.6 is 0 Å². The van der Waals surface area contributed by atoms with E-state index in [2.05, 4.69) is 60.4 Å². The summed E-state index contributed by atoms with van der Waals surface area (Å²) in [6, 6.07) is 17.1. The highest BCUT2D eigenvalue weighted by Gasteiger charge is 2.26. The molecule has 2 aliphatic heterocycles. The van der Waals surface area contributed by atoms with E-state index < -0.39 is 0 Å². The molecule has 0 N–H and O–H groups in total. The minimum Gasteiger partial charge on any atom is -0.375 e. The van der Waals surface area contributed by atoms with Gasteiger partial charge in [-0.25, -0.2) is 0 Å². The van der Waals surface area contributed by atoms with Gasteiger partial charge in [0.25, 0.3) is 0 Å². The number of carbonyl (C=O) groups excluding carboxylic acids is 1. The summed E-state index contributed by atoms with van der Waals surface area (Å²) in [5.74, 6) is 0.212. The number of hydrogen-bond acceptors (Lipinski definition) is 3. The van der Waals surface area contributed by atoms with Gasteiger partial charge in [-0.15, -0.1) is 0 Å². The van der Waals surface area contributed by atoms with Crippen molar-refractivity contribution in [2.75, 3.05) is 26.2 Å². The van der Waals surface area contributed by atoms with Gasteiger partial charge in [0, 0.05) is 26.2 Å². The SMILES string of the molecule is CCC1CN(C(=O)CN2Cc3ccccc3-c3ccccc3C2)CCO1. The van der Waals surface area contributed by atoms with Crippen LogP contribution in [0.2, 0.25) is 0 Å². The number of carbonyl (C=O) groups is 1. The summed E-state index contributed by atoms with van der Waals surface area (Å²) in [4.78, 5) is 17.1. The van der Waals surface area contributed by atoms with Crippen molar-refractivity contribution >= 4 is 5.91 Å². The smallest absolute Gasteiger partial charge is 0.236 e. The predicted molar refractivity (Wildman–Crippen MR) is 103 cm³/mol. The third kappa shape index (κ3) is 3.53. The molecule has 0 aromatic heterocycles. The van der Waals surface area contributed by atoms with E-state index in [0.29, 0.717) is 19.7 Å². The van der Waals surface area contributed by atoms with Crippen LogP contribution in [0.4, 0.5) is 0 Å². The van der Waals surface area contributed by atoms with E-state index in [1.54, 1.807) is 0 Å². The van der Waals surface area contributed by atoms with Gasteiger partial charge in [0.2, 0.25) is 5.91 Å². The molecule has 0 spiro atoms. The zero-order valence-corrected chi connectivity index (χ0v) is 15.4. The second kappa shape index (κ2) is 7.60. The van der Waals surface area contributed by atoms with Gasteiger partial charge < -0.3 is 9.64 Å². The van der Waals surface area contributed by atoms with Crippen molar-refractivity contribution in [2.24, 2.45) is 0 Å². The van der Waals surface area contributed by atoms with E-state index in [-0.39, 0.29) is 12.0 Å². The first-order chi connectivity index (χ1) is 12.7. The average Bonchev–Trinajstić information content (AvgIpc) is 2.84. The lowest BCUT2D eigenvalue weighted by Gasteiger charge is -2.34. The largest absolute Gasteiger partial charge is 0.375 e. The Kier molecular flexibility index (Phi) is 5.05. The lowest BCUT2D eigenvalue weighted by atomic mass is 9.97. The zero-order valence-electron chi connectivity index (χ0n) is 15.4. The summed E-state index contributed by atoms with van der Waals surface area (Å²) in [5.41, 5.74) is 5.16. The second-order valence-corrected chi connectivity index (χ2v) is 7.20. The maximum atomic E-state index is 12.9. The highest BCUT2D eigenvalue weighted by Crippen LogP contribution is 2.32. The van der Waals surface area contributed by atoms with E-state index in [9.17, 15) is 4.79 Å². The number of amides is 1. The minimum atomic E-state index is 0.179. The third-order valence-electron chi connectivity index (χ3n) is 5.42. The molecule has 0 bridgehead atoms. The Labute approximate surface area is 155 Å². The van der Waals surface area contributed by atoms with Gasteiger partial charge in [-0.05, 0) is 28.7 Å². The Bertz CT molecular complexity index is 742. The molecule has 4 nitrogen and oxygen atoms in total. The molecule has 0 saturated carbocycles. The lowest BCUT2D eigenvalue weighted by molar-refractivity contribution is -0.140. The summed E-state index contributed by atoms with van der Waals surface area (Å²) >= 11 is 0. The fraction of sp³-hybridized carbons (Fsp3) is 0.409. The molecule has 136 valence electrons. The van der Waals surface area contributed by atoms with Crippen molar-refractivity contribution in [3.8, 4) is 11.1 Å². The van der Waals surface area contributed by atoms with Gasteiger partial charge in [0.15, 0.2) is 0 Å². The van der Waals surface area contributed by atoms with Crippen LogP contribution in [0.3, 0.4) is 0 Å². The van der Waals surface area contributed by atoms with Gasteiger partial charge in [-0.2, -0.15) is 0 Å². The van der Waals surface area contributed by atoms with E-state index in [0.717, 1.165) is 26.1 Å². The molecular weight excluding hydrogens is 324 g/mol.